The number of carbonyl (C=O) groups is 2. The van der Waals surface area contributed by atoms with Gasteiger partial charge in [-0.25, -0.2) is 0 Å². The van der Waals surface area contributed by atoms with Crippen molar-refractivity contribution in [3.05, 3.63) is 34.9 Å². The number of benzene rings is 1. The molecule has 1 aromatic rings. The molecule has 2 rings (SSSR count). The first-order valence-electron chi connectivity index (χ1n) is 9.24. The maximum absolute atomic E-state index is 12.8. The maximum atomic E-state index is 12.8. The molecule has 5 nitrogen and oxygen atoms in total. The van der Waals surface area contributed by atoms with Crippen molar-refractivity contribution in [1.82, 2.24) is 10.2 Å². The Morgan fingerprint density at radius 1 is 1.24 bits per heavy atom. The summed E-state index contributed by atoms with van der Waals surface area (Å²) in [7, 11) is 0. The summed E-state index contributed by atoms with van der Waals surface area (Å²) >= 11 is 0. The second-order valence-electron chi connectivity index (χ2n) is 6.81. The van der Waals surface area contributed by atoms with Crippen molar-refractivity contribution >= 4 is 11.8 Å². The second kappa shape index (κ2) is 9.56. The van der Waals surface area contributed by atoms with Crippen LogP contribution in [0.3, 0.4) is 0 Å². The summed E-state index contributed by atoms with van der Waals surface area (Å²) in [4.78, 5) is 27.0. The highest BCUT2D eigenvalue weighted by Gasteiger charge is 2.28. The van der Waals surface area contributed by atoms with Crippen LogP contribution in [-0.2, 0) is 9.53 Å². The van der Waals surface area contributed by atoms with E-state index in [9.17, 15) is 9.59 Å². The molecule has 0 saturated carbocycles. The number of carbonyl (C=O) groups excluding carboxylic acids is 2. The molecule has 1 atom stereocenters. The predicted molar refractivity (Wildman–Crippen MR) is 98.7 cm³/mol. The molecule has 2 amide bonds. The maximum Gasteiger partial charge on any atom is 0.253 e. The number of nitrogens with one attached hydrogen (secondary N) is 1. The molecule has 5 heteroatoms. The smallest absolute Gasteiger partial charge is 0.253 e. The van der Waals surface area contributed by atoms with Crippen LogP contribution in [0.5, 0.6) is 0 Å². The van der Waals surface area contributed by atoms with Crippen molar-refractivity contribution in [2.24, 2.45) is 5.92 Å². The quantitative estimate of drug-likeness (QED) is 0.772. The zero-order valence-corrected chi connectivity index (χ0v) is 15.6. The Bertz CT molecular complexity index is 580. The van der Waals surface area contributed by atoms with Crippen LogP contribution < -0.4 is 5.32 Å². The molecule has 1 fully saturated rings. The molecule has 0 radical (unpaired) electrons. The van der Waals surface area contributed by atoms with Gasteiger partial charge in [-0.05, 0) is 52.2 Å². The Morgan fingerprint density at radius 3 is 2.64 bits per heavy atom. The fraction of sp³-hybridized carbons (Fsp3) is 0.600. The number of rotatable bonds is 7. The Balaban J connectivity index is 1.89. The average molecular weight is 346 g/mol. The van der Waals surface area contributed by atoms with E-state index in [2.05, 4.69) is 11.4 Å². The highest BCUT2D eigenvalue weighted by Crippen LogP contribution is 2.20. The first-order chi connectivity index (χ1) is 12.0. The fourth-order valence-corrected chi connectivity index (χ4v) is 3.33. The number of ether oxygens (including phenoxy) is 1. The van der Waals surface area contributed by atoms with Crippen molar-refractivity contribution in [2.75, 3.05) is 32.8 Å². The molecular formula is C20H30N2O3. The third-order valence-corrected chi connectivity index (χ3v) is 4.52. The minimum atomic E-state index is -0.115. The van der Waals surface area contributed by atoms with Gasteiger partial charge in [0.05, 0.1) is 5.92 Å². The molecule has 0 bridgehead atoms. The van der Waals surface area contributed by atoms with Gasteiger partial charge in [-0.2, -0.15) is 0 Å². The molecule has 1 aliphatic heterocycles. The van der Waals surface area contributed by atoms with Gasteiger partial charge < -0.3 is 15.0 Å². The van der Waals surface area contributed by atoms with Gasteiger partial charge in [0.2, 0.25) is 5.91 Å². The van der Waals surface area contributed by atoms with Crippen LogP contribution in [0.25, 0.3) is 0 Å². The highest BCUT2D eigenvalue weighted by atomic mass is 16.5. The van der Waals surface area contributed by atoms with Gasteiger partial charge >= 0.3 is 0 Å². The standard InChI is InChI=1S/C20H30N2O3/c1-4-25-10-6-8-21-19(23)17-7-5-9-22(14-17)20(24)18-12-15(2)11-16(3)13-18/h11-13,17H,4-10,14H2,1-3H3,(H,21,23)/t17-/m0/s1. The van der Waals surface area contributed by atoms with Gasteiger partial charge in [-0.15, -0.1) is 0 Å². The van der Waals surface area contributed by atoms with Gasteiger partial charge in [-0.3, -0.25) is 9.59 Å². The van der Waals surface area contributed by atoms with Gasteiger partial charge in [-0.1, -0.05) is 17.2 Å². The lowest BCUT2D eigenvalue weighted by Gasteiger charge is -2.32. The molecule has 1 aromatic carbocycles. The van der Waals surface area contributed by atoms with Gasteiger partial charge in [0, 0.05) is 38.4 Å². The van der Waals surface area contributed by atoms with E-state index >= 15 is 0 Å². The van der Waals surface area contributed by atoms with Crippen molar-refractivity contribution < 1.29 is 14.3 Å². The molecular weight excluding hydrogens is 316 g/mol. The monoisotopic (exact) mass is 346 g/mol. The summed E-state index contributed by atoms with van der Waals surface area (Å²) in [6.07, 6.45) is 2.53. The SMILES string of the molecule is CCOCCCNC(=O)[C@H]1CCCN(C(=O)c2cc(C)cc(C)c2)C1. The molecule has 1 heterocycles. The Labute approximate surface area is 150 Å². The first kappa shape index (κ1) is 19.4. The van der Waals surface area contributed by atoms with Gasteiger partial charge in [0.15, 0.2) is 0 Å². The van der Waals surface area contributed by atoms with Crippen LogP contribution in [0.1, 0.15) is 47.7 Å². The normalized spacial score (nSPS) is 17.4. The molecule has 1 saturated heterocycles. The molecule has 1 N–H and O–H groups in total. The third kappa shape index (κ3) is 5.85. The molecule has 1 aliphatic rings. The zero-order chi connectivity index (χ0) is 18.2. The summed E-state index contributed by atoms with van der Waals surface area (Å²) in [6.45, 7) is 9.17. The number of amides is 2. The number of nitrogens with zero attached hydrogens (tertiary/aromatic N) is 1. The van der Waals surface area contributed by atoms with Crippen LogP contribution in [0.15, 0.2) is 18.2 Å². The minimum absolute atomic E-state index is 0.0284. The van der Waals surface area contributed by atoms with Crippen molar-refractivity contribution in [3.8, 4) is 0 Å². The number of likely N-dealkylation sites (tertiary alicyclic amines) is 1. The summed E-state index contributed by atoms with van der Waals surface area (Å²) in [5, 5.41) is 2.97. The van der Waals surface area contributed by atoms with E-state index in [-0.39, 0.29) is 17.7 Å². The molecule has 0 unspecified atom stereocenters. The van der Waals surface area contributed by atoms with Crippen LogP contribution in [0.2, 0.25) is 0 Å². The van der Waals surface area contributed by atoms with E-state index < -0.39 is 0 Å². The van der Waals surface area contributed by atoms with E-state index in [1.165, 1.54) is 0 Å². The van der Waals surface area contributed by atoms with E-state index in [0.29, 0.717) is 26.3 Å². The lowest BCUT2D eigenvalue weighted by atomic mass is 9.96. The summed E-state index contributed by atoms with van der Waals surface area (Å²) in [6, 6.07) is 5.91. The topological polar surface area (TPSA) is 58.6 Å². The van der Waals surface area contributed by atoms with Crippen LogP contribution in [0.4, 0.5) is 0 Å². The lowest BCUT2D eigenvalue weighted by Crippen LogP contribution is -2.45. The predicted octanol–water partition coefficient (Wildman–Crippen LogP) is 2.70. The number of hydrogen-bond donors (Lipinski definition) is 1. The first-order valence-corrected chi connectivity index (χ1v) is 9.24. The minimum Gasteiger partial charge on any atom is -0.382 e. The largest absolute Gasteiger partial charge is 0.382 e. The highest BCUT2D eigenvalue weighted by molar-refractivity contribution is 5.95. The van der Waals surface area contributed by atoms with Crippen molar-refractivity contribution in [1.29, 1.82) is 0 Å². The van der Waals surface area contributed by atoms with E-state index in [0.717, 1.165) is 42.5 Å². The summed E-state index contributed by atoms with van der Waals surface area (Å²) in [5.74, 6) is -0.0363. The van der Waals surface area contributed by atoms with E-state index in [1.54, 1.807) is 0 Å². The summed E-state index contributed by atoms with van der Waals surface area (Å²) < 4.78 is 5.27. The fourth-order valence-electron chi connectivity index (χ4n) is 3.33. The van der Waals surface area contributed by atoms with Gasteiger partial charge in [0.25, 0.3) is 5.91 Å². The van der Waals surface area contributed by atoms with Crippen molar-refractivity contribution in [2.45, 2.75) is 40.0 Å². The molecule has 0 aliphatic carbocycles. The van der Waals surface area contributed by atoms with Gasteiger partial charge in [0.1, 0.15) is 0 Å². The van der Waals surface area contributed by atoms with Crippen LogP contribution in [-0.4, -0.2) is 49.6 Å². The molecule has 25 heavy (non-hydrogen) atoms. The van der Waals surface area contributed by atoms with E-state index in [4.69, 9.17) is 4.74 Å². The molecule has 0 aromatic heterocycles. The second-order valence-corrected chi connectivity index (χ2v) is 6.81. The summed E-state index contributed by atoms with van der Waals surface area (Å²) in [5.41, 5.74) is 2.89. The molecule has 0 spiro atoms. The Morgan fingerprint density at radius 2 is 1.96 bits per heavy atom. The number of piperidine rings is 1. The van der Waals surface area contributed by atoms with E-state index in [1.807, 2.05) is 37.8 Å². The van der Waals surface area contributed by atoms with Crippen molar-refractivity contribution in [3.63, 3.8) is 0 Å². The van der Waals surface area contributed by atoms with Crippen LogP contribution >= 0.6 is 0 Å². The average Bonchev–Trinajstić information content (AvgIpc) is 2.60. The Hall–Kier alpha value is -1.88. The molecule has 138 valence electrons. The zero-order valence-electron chi connectivity index (χ0n) is 15.6. The third-order valence-electron chi connectivity index (χ3n) is 4.52. The lowest BCUT2D eigenvalue weighted by molar-refractivity contribution is -0.126. The number of hydrogen-bond acceptors (Lipinski definition) is 3. The Kier molecular flexibility index (Phi) is 7.44. The van der Waals surface area contributed by atoms with Crippen LogP contribution in [0, 0.1) is 19.8 Å². The number of aryl methyl sites for hydroxylation is 2.